The molecule has 0 aliphatic carbocycles. The van der Waals surface area contributed by atoms with E-state index in [2.05, 4.69) is 41.1 Å². The highest BCUT2D eigenvalue weighted by molar-refractivity contribution is 6.09. The molecule has 1 aromatic heterocycles. The standard InChI is InChI=1S/C27H34N4O.2ClH/c1-19(2)28-27(32)25-22-12-8-9-13-24(22)29-26(21-10-6-5-7-11-21)23(25)18-30-14-16-31(17-15-30)20(3)4;;/h5-13,19-20H,14-18H2,1-4H3,(H,28,32);2*1H. The van der Waals surface area contributed by atoms with Gasteiger partial charge in [0.1, 0.15) is 0 Å². The average molecular weight is 504 g/mol. The molecular weight excluding hydrogens is 467 g/mol. The molecule has 0 radical (unpaired) electrons. The Morgan fingerprint density at radius 1 is 0.912 bits per heavy atom. The van der Waals surface area contributed by atoms with Crippen molar-refractivity contribution < 1.29 is 4.79 Å². The van der Waals surface area contributed by atoms with Crippen LogP contribution in [0.4, 0.5) is 0 Å². The number of fused-ring (bicyclic) bond motifs is 1. The molecule has 1 saturated heterocycles. The van der Waals surface area contributed by atoms with Crippen molar-refractivity contribution in [2.75, 3.05) is 26.2 Å². The van der Waals surface area contributed by atoms with Gasteiger partial charge >= 0.3 is 0 Å². The summed E-state index contributed by atoms with van der Waals surface area (Å²) in [5.41, 5.74) is 4.59. The van der Waals surface area contributed by atoms with Crippen LogP contribution in [0, 0.1) is 0 Å². The second kappa shape index (κ2) is 12.5. The maximum atomic E-state index is 13.5. The summed E-state index contributed by atoms with van der Waals surface area (Å²) in [7, 11) is 0. The molecule has 0 saturated carbocycles. The van der Waals surface area contributed by atoms with E-state index in [-0.39, 0.29) is 36.8 Å². The van der Waals surface area contributed by atoms with E-state index < -0.39 is 0 Å². The number of hydrogen-bond donors (Lipinski definition) is 1. The van der Waals surface area contributed by atoms with Gasteiger partial charge in [0.05, 0.1) is 16.8 Å². The van der Waals surface area contributed by atoms with Gasteiger partial charge in [-0.3, -0.25) is 14.6 Å². The molecule has 0 bridgehead atoms. The second-order valence-electron chi connectivity index (χ2n) is 9.23. The third-order valence-electron chi connectivity index (χ3n) is 6.21. The van der Waals surface area contributed by atoms with Gasteiger partial charge < -0.3 is 5.32 Å². The zero-order chi connectivity index (χ0) is 22.7. The van der Waals surface area contributed by atoms with Crippen LogP contribution in [0.15, 0.2) is 54.6 Å². The van der Waals surface area contributed by atoms with Crippen LogP contribution in [0.2, 0.25) is 0 Å². The van der Waals surface area contributed by atoms with Gasteiger partial charge in [-0.15, -0.1) is 24.8 Å². The SMILES string of the molecule is CC(C)NC(=O)c1c(CN2CCN(C(C)C)CC2)c(-c2ccccc2)nc2ccccc12.Cl.Cl. The Morgan fingerprint density at radius 3 is 2.15 bits per heavy atom. The number of carbonyl (C=O) groups excluding carboxylic acids is 1. The first-order valence-electron chi connectivity index (χ1n) is 11.7. The van der Waals surface area contributed by atoms with Crippen molar-refractivity contribution in [2.24, 2.45) is 0 Å². The highest BCUT2D eigenvalue weighted by atomic mass is 35.5. The number of amides is 1. The Balaban J connectivity index is 0.00000204. The Morgan fingerprint density at radius 2 is 1.53 bits per heavy atom. The zero-order valence-corrected chi connectivity index (χ0v) is 22.1. The van der Waals surface area contributed by atoms with Crippen molar-refractivity contribution in [3.63, 3.8) is 0 Å². The number of halogens is 2. The fourth-order valence-corrected chi connectivity index (χ4v) is 4.50. The number of aromatic nitrogens is 1. The quantitative estimate of drug-likeness (QED) is 0.489. The topological polar surface area (TPSA) is 48.5 Å². The molecule has 2 aromatic carbocycles. The van der Waals surface area contributed by atoms with Crippen molar-refractivity contribution in [3.8, 4) is 11.3 Å². The van der Waals surface area contributed by atoms with Crippen molar-refractivity contribution >= 4 is 41.6 Å². The minimum Gasteiger partial charge on any atom is -0.350 e. The predicted octanol–water partition coefficient (Wildman–Crippen LogP) is 5.41. The van der Waals surface area contributed by atoms with Crippen molar-refractivity contribution in [1.29, 1.82) is 0 Å². The van der Waals surface area contributed by atoms with Crippen molar-refractivity contribution in [1.82, 2.24) is 20.1 Å². The molecule has 2 heterocycles. The molecule has 3 aromatic rings. The zero-order valence-electron chi connectivity index (χ0n) is 20.5. The number of piperazine rings is 1. The summed E-state index contributed by atoms with van der Waals surface area (Å²) in [4.78, 5) is 23.5. The van der Waals surface area contributed by atoms with Crippen LogP contribution in [-0.4, -0.2) is 59.0 Å². The molecule has 1 amide bonds. The van der Waals surface area contributed by atoms with Crippen LogP contribution >= 0.6 is 24.8 Å². The maximum Gasteiger partial charge on any atom is 0.252 e. The van der Waals surface area contributed by atoms with Gasteiger partial charge in [0, 0.05) is 61.3 Å². The van der Waals surface area contributed by atoms with E-state index in [0.717, 1.165) is 66.0 Å². The second-order valence-corrected chi connectivity index (χ2v) is 9.23. The highest BCUT2D eigenvalue weighted by Gasteiger charge is 2.25. The monoisotopic (exact) mass is 502 g/mol. The van der Waals surface area contributed by atoms with Crippen LogP contribution in [0.1, 0.15) is 43.6 Å². The van der Waals surface area contributed by atoms with Crippen LogP contribution in [0.25, 0.3) is 22.2 Å². The smallest absolute Gasteiger partial charge is 0.252 e. The van der Waals surface area contributed by atoms with E-state index in [0.29, 0.717) is 6.04 Å². The summed E-state index contributed by atoms with van der Waals surface area (Å²) < 4.78 is 0. The predicted molar refractivity (Wildman–Crippen MR) is 146 cm³/mol. The summed E-state index contributed by atoms with van der Waals surface area (Å²) >= 11 is 0. The molecule has 0 spiro atoms. The first kappa shape index (κ1) is 28.1. The van der Waals surface area contributed by atoms with Crippen molar-refractivity contribution in [2.45, 2.75) is 46.3 Å². The molecule has 34 heavy (non-hydrogen) atoms. The summed E-state index contributed by atoms with van der Waals surface area (Å²) in [5.74, 6) is -0.0217. The molecule has 1 aliphatic rings. The van der Waals surface area contributed by atoms with Gasteiger partial charge in [-0.2, -0.15) is 0 Å². The number of carbonyl (C=O) groups is 1. The number of para-hydroxylation sites is 1. The average Bonchev–Trinajstić information content (AvgIpc) is 2.79. The van der Waals surface area contributed by atoms with Gasteiger partial charge in [-0.25, -0.2) is 4.98 Å². The first-order valence-corrected chi connectivity index (χ1v) is 11.7. The fraction of sp³-hybridized carbons (Fsp3) is 0.407. The van der Waals surface area contributed by atoms with E-state index in [1.165, 1.54) is 0 Å². The van der Waals surface area contributed by atoms with Gasteiger partial charge in [-0.05, 0) is 33.8 Å². The molecule has 5 nitrogen and oxygen atoms in total. The van der Waals surface area contributed by atoms with E-state index in [4.69, 9.17) is 4.98 Å². The molecule has 4 rings (SSSR count). The molecule has 7 heteroatoms. The molecule has 1 fully saturated rings. The fourth-order valence-electron chi connectivity index (χ4n) is 4.50. The Kier molecular flexibility index (Phi) is 10.3. The van der Waals surface area contributed by atoms with E-state index in [9.17, 15) is 4.79 Å². The third kappa shape index (κ3) is 6.28. The number of benzene rings is 2. The van der Waals surface area contributed by atoms with Gasteiger partial charge in [0.25, 0.3) is 5.91 Å². The molecular formula is C27H36Cl2N4O. The minimum atomic E-state index is -0.0217. The Labute approximate surface area is 215 Å². The molecule has 0 atom stereocenters. The number of nitrogens with one attached hydrogen (secondary N) is 1. The first-order chi connectivity index (χ1) is 15.4. The van der Waals surface area contributed by atoms with E-state index >= 15 is 0 Å². The van der Waals surface area contributed by atoms with Gasteiger partial charge in [0.15, 0.2) is 0 Å². The number of nitrogens with zero attached hydrogens (tertiary/aromatic N) is 3. The van der Waals surface area contributed by atoms with Crippen LogP contribution in [0.5, 0.6) is 0 Å². The van der Waals surface area contributed by atoms with Crippen LogP contribution in [-0.2, 0) is 6.54 Å². The molecule has 1 aliphatic heterocycles. The number of pyridine rings is 1. The third-order valence-corrected chi connectivity index (χ3v) is 6.21. The lowest BCUT2D eigenvalue weighted by atomic mass is 9.95. The normalized spacial score (nSPS) is 14.6. The lowest BCUT2D eigenvalue weighted by Crippen LogP contribution is -2.48. The van der Waals surface area contributed by atoms with Crippen LogP contribution < -0.4 is 5.32 Å². The molecule has 1 N–H and O–H groups in total. The lowest BCUT2D eigenvalue weighted by Gasteiger charge is -2.37. The van der Waals surface area contributed by atoms with E-state index in [1.54, 1.807) is 0 Å². The summed E-state index contributed by atoms with van der Waals surface area (Å²) in [6.07, 6.45) is 0. The lowest BCUT2D eigenvalue weighted by molar-refractivity contribution is 0.0934. The van der Waals surface area contributed by atoms with E-state index in [1.807, 2.05) is 56.3 Å². The molecule has 0 unspecified atom stereocenters. The number of rotatable bonds is 6. The Bertz CT molecular complexity index is 1080. The maximum absolute atomic E-state index is 13.5. The largest absolute Gasteiger partial charge is 0.350 e. The van der Waals surface area contributed by atoms with Crippen LogP contribution in [0.3, 0.4) is 0 Å². The number of hydrogen-bond acceptors (Lipinski definition) is 4. The summed E-state index contributed by atoms with van der Waals surface area (Å²) in [5, 5.41) is 4.05. The van der Waals surface area contributed by atoms with Gasteiger partial charge in [-0.1, -0.05) is 48.5 Å². The minimum absolute atomic E-state index is 0. The summed E-state index contributed by atoms with van der Waals surface area (Å²) in [6.45, 7) is 13.3. The van der Waals surface area contributed by atoms with Gasteiger partial charge in [0.2, 0.25) is 0 Å². The summed E-state index contributed by atoms with van der Waals surface area (Å²) in [6, 6.07) is 18.9. The molecule has 184 valence electrons. The highest BCUT2D eigenvalue weighted by Crippen LogP contribution is 2.31. The Hall–Kier alpha value is -2.18. The van der Waals surface area contributed by atoms with Crippen molar-refractivity contribution in [3.05, 3.63) is 65.7 Å².